The molecule has 0 saturated carbocycles. The van der Waals surface area contributed by atoms with Crippen LogP contribution in [0.25, 0.3) is 0 Å². The van der Waals surface area contributed by atoms with E-state index in [1.54, 1.807) is 0 Å². The Kier molecular flexibility index (Phi) is 6.33. The summed E-state index contributed by atoms with van der Waals surface area (Å²) in [6.07, 6.45) is 8.21. The smallest absolute Gasteiger partial charge is 0.548 e. The third-order valence-electron chi connectivity index (χ3n) is 1.87. The molecule has 3 nitrogen and oxygen atoms in total. The number of nitrogens with two attached hydrogens (primary N) is 1. The van der Waals surface area contributed by atoms with Crippen LogP contribution in [0.1, 0.15) is 19.3 Å². The summed E-state index contributed by atoms with van der Waals surface area (Å²) in [5.74, 6) is -1.18. The van der Waals surface area contributed by atoms with E-state index in [0.717, 1.165) is 18.4 Å². The third-order valence-corrected chi connectivity index (χ3v) is 1.87. The number of allylic oxidation sites excluding steroid dienone is 3. The minimum Gasteiger partial charge on any atom is -0.548 e. The van der Waals surface area contributed by atoms with Gasteiger partial charge in [0.2, 0.25) is 0 Å². The zero-order valence-electron chi connectivity index (χ0n) is 7.82. The Morgan fingerprint density at radius 3 is 2.77 bits per heavy atom. The Morgan fingerprint density at radius 2 is 2.31 bits per heavy atom. The summed E-state index contributed by atoms with van der Waals surface area (Å²) in [7, 11) is 0. The first-order valence-corrected chi connectivity index (χ1v) is 3.99. The van der Waals surface area contributed by atoms with E-state index in [-0.39, 0.29) is 29.6 Å². The Hall–Kier alpha value is -0.0900. The van der Waals surface area contributed by atoms with Gasteiger partial charge in [-0.15, -0.1) is 0 Å². The fraction of sp³-hybridized carbons (Fsp3) is 0.444. The Balaban J connectivity index is 0.00000144. The van der Waals surface area contributed by atoms with Gasteiger partial charge >= 0.3 is 29.6 Å². The molecule has 0 amide bonds. The number of carboxylic acids is 1. The van der Waals surface area contributed by atoms with Crippen LogP contribution in [0.15, 0.2) is 23.8 Å². The molecular formula is C9H12NNaO2. The summed E-state index contributed by atoms with van der Waals surface area (Å²) in [6, 6.07) is -0.859. The molecule has 0 spiro atoms. The van der Waals surface area contributed by atoms with Gasteiger partial charge in [0, 0.05) is 6.04 Å². The van der Waals surface area contributed by atoms with E-state index in [1.165, 1.54) is 0 Å². The minimum absolute atomic E-state index is 0. The maximum absolute atomic E-state index is 10.3. The van der Waals surface area contributed by atoms with Crippen LogP contribution < -0.4 is 40.4 Å². The molecule has 0 fully saturated rings. The van der Waals surface area contributed by atoms with Crippen molar-refractivity contribution in [1.29, 1.82) is 0 Å². The SMILES string of the molecule is N[C@H](CC1=CCC=CC1)C(=O)[O-].[Na+]. The summed E-state index contributed by atoms with van der Waals surface area (Å²) in [6.45, 7) is 0. The fourth-order valence-corrected chi connectivity index (χ4v) is 1.18. The Bertz CT molecular complexity index is 236. The molecule has 0 saturated heterocycles. The number of hydrogen-bond acceptors (Lipinski definition) is 3. The topological polar surface area (TPSA) is 66.2 Å². The van der Waals surface area contributed by atoms with Gasteiger partial charge in [0.05, 0.1) is 5.97 Å². The van der Waals surface area contributed by atoms with Crippen molar-refractivity contribution in [1.82, 2.24) is 0 Å². The zero-order valence-corrected chi connectivity index (χ0v) is 9.82. The molecule has 4 heteroatoms. The number of rotatable bonds is 3. The summed E-state index contributed by atoms with van der Waals surface area (Å²) in [5, 5.41) is 10.3. The van der Waals surface area contributed by atoms with Crippen molar-refractivity contribution in [2.75, 3.05) is 0 Å². The zero-order chi connectivity index (χ0) is 8.97. The third kappa shape index (κ3) is 4.62. The molecule has 0 aromatic carbocycles. The molecule has 13 heavy (non-hydrogen) atoms. The molecule has 0 aliphatic heterocycles. The van der Waals surface area contributed by atoms with Crippen molar-refractivity contribution >= 4 is 5.97 Å². The molecule has 0 radical (unpaired) electrons. The molecule has 0 heterocycles. The van der Waals surface area contributed by atoms with E-state index in [2.05, 4.69) is 0 Å². The Labute approximate surface area is 100.0 Å². The van der Waals surface area contributed by atoms with Crippen molar-refractivity contribution in [3.8, 4) is 0 Å². The van der Waals surface area contributed by atoms with E-state index >= 15 is 0 Å². The van der Waals surface area contributed by atoms with Gasteiger partial charge in [-0.3, -0.25) is 0 Å². The van der Waals surface area contributed by atoms with E-state index < -0.39 is 12.0 Å². The normalized spacial score (nSPS) is 17.2. The van der Waals surface area contributed by atoms with Gasteiger partial charge in [0.15, 0.2) is 0 Å². The van der Waals surface area contributed by atoms with Gasteiger partial charge in [-0.1, -0.05) is 23.8 Å². The molecule has 0 unspecified atom stereocenters. The number of carbonyl (C=O) groups is 1. The largest absolute Gasteiger partial charge is 1.00 e. The van der Waals surface area contributed by atoms with Crippen LogP contribution in [0.3, 0.4) is 0 Å². The van der Waals surface area contributed by atoms with Crippen molar-refractivity contribution in [2.24, 2.45) is 5.73 Å². The van der Waals surface area contributed by atoms with E-state index in [1.807, 2.05) is 18.2 Å². The molecule has 66 valence electrons. The molecule has 1 atom stereocenters. The monoisotopic (exact) mass is 189 g/mol. The van der Waals surface area contributed by atoms with Gasteiger partial charge in [0.25, 0.3) is 0 Å². The Morgan fingerprint density at radius 1 is 1.62 bits per heavy atom. The van der Waals surface area contributed by atoms with Crippen LogP contribution in [-0.4, -0.2) is 12.0 Å². The van der Waals surface area contributed by atoms with Gasteiger partial charge < -0.3 is 15.6 Å². The molecular weight excluding hydrogens is 177 g/mol. The van der Waals surface area contributed by atoms with Crippen LogP contribution in [0.2, 0.25) is 0 Å². The van der Waals surface area contributed by atoms with Crippen LogP contribution in [0.5, 0.6) is 0 Å². The van der Waals surface area contributed by atoms with Gasteiger partial charge in [-0.2, -0.15) is 0 Å². The predicted molar refractivity (Wildman–Crippen MR) is 44.1 cm³/mol. The van der Waals surface area contributed by atoms with Crippen LogP contribution in [-0.2, 0) is 4.79 Å². The number of aliphatic carboxylic acids is 1. The van der Waals surface area contributed by atoms with Crippen molar-refractivity contribution in [2.45, 2.75) is 25.3 Å². The maximum Gasteiger partial charge on any atom is 1.00 e. The van der Waals surface area contributed by atoms with Crippen LogP contribution >= 0.6 is 0 Å². The van der Waals surface area contributed by atoms with Crippen molar-refractivity contribution in [3.63, 3.8) is 0 Å². The second kappa shape index (κ2) is 6.38. The van der Waals surface area contributed by atoms with E-state index in [4.69, 9.17) is 5.73 Å². The summed E-state index contributed by atoms with van der Waals surface area (Å²) >= 11 is 0. The fourth-order valence-electron chi connectivity index (χ4n) is 1.18. The average Bonchev–Trinajstić information content (AvgIpc) is 2.06. The van der Waals surface area contributed by atoms with Crippen molar-refractivity contribution in [3.05, 3.63) is 23.8 Å². The minimum atomic E-state index is -1.18. The summed E-state index contributed by atoms with van der Waals surface area (Å²) < 4.78 is 0. The molecule has 1 aliphatic carbocycles. The number of carboxylic acid groups (broad SMARTS) is 1. The second-order valence-corrected chi connectivity index (χ2v) is 2.90. The molecule has 0 bridgehead atoms. The molecule has 0 aromatic heterocycles. The summed E-state index contributed by atoms with van der Waals surface area (Å²) in [4.78, 5) is 10.3. The average molecular weight is 189 g/mol. The van der Waals surface area contributed by atoms with Crippen molar-refractivity contribution < 1.29 is 39.5 Å². The maximum atomic E-state index is 10.3. The second-order valence-electron chi connectivity index (χ2n) is 2.90. The molecule has 2 N–H and O–H groups in total. The molecule has 1 aliphatic rings. The van der Waals surface area contributed by atoms with Crippen LogP contribution in [0, 0.1) is 0 Å². The predicted octanol–water partition coefficient (Wildman–Crippen LogP) is -3.27. The first-order valence-electron chi connectivity index (χ1n) is 3.99. The summed E-state index contributed by atoms with van der Waals surface area (Å²) in [5.41, 5.74) is 6.41. The van der Waals surface area contributed by atoms with Gasteiger partial charge in [-0.25, -0.2) is 0 Å². The molecule has 1 rings (SSSR count). The van der Waals surface area contributed by atoms with Gasteiger partial charge in [0.1, 0.15) is 0 Å². The van der Waals surface area contributed by atoms with E-state index in [0.29, 0.717) is 6.42 Å². The quantitative estimate of drug-likeness (QED) is 0.374. The van der Waals surface area contributed by atoms with E-state index in [9.17, 15) is 9.90 Å². The first-order chi connectivity index (χ1) is 5.70. The number of hydrogen-bond donors (Lipinski definition) is 1. The van der Waals surface area contributed by atoms with Crippen LogP contribution in [0.4, 0.5) is 0 Å². The standard InChI is InChI=1S/C9H13NO2.Na/c10-8(9(11)12)6-7-4-2-1-3-5-7;/h1-2,5,8H,3-4,6,10H2,(H,11,12);/q;+1/p-1/t8-;/m1./s1. The first kappa shape index (κ1) is 12.9. The molecule has 0 aromatic rings. The van der Waals surface area contributed by atoms with Gasteiger partial charge in [-0.05, 0) is 19.3 Å². The number of carbonyl (C=O) groups excluding carboxylic acids is 1.